The van der Waals surface area contributed by atoms with Crippen molar-refractivity contribution in [3.8, 4) is 0 Å². The summed E-state index contributed by atoms with van der Waals surface area (Å²) in [5.41, 5.74) is -0.0608. The Kier molecular flexibility index (Phi) is 4.46. The van der Waals surface area contributed by atoms with Gasteiger partial charge in [-0.3, -0.25) is 4.79 Å². The molecule has 0 bridgehead atoms. The predicted octanol–water partition coefficient (Wildman–Crippen LogP) is 1.42. The minimum absolute atomic E-state index is 0.0608. The minimum atomic E-state index is -0.121. The number of hydrogen-bond donors (Lipinski definition) is 0. The van der Waals surface area contributed by atoms with E-state index in [2.05, 4.69) is 6.92 Å². The number of carbonyl (C=O) groups excluding carboxylic acids is 1. The summed E-state index contributed by atoms with van der Waals surface area (Å²) in [6, 6.07) is 0. The number of thioether (sulfide) groups is 1. The molecular weight excluding hydrogens is 176 g/mol. The molecule has 1 unspecified atom stereocenters. The fourth-order valence-electron chi connectivity index (χ4n) is 0.884. The monoisotopic (exact) mass is 190 g/mol. The number of rotatable bonds is 5. The Morgan fingerprint density at radius 1 is 1.75 bits per heavy atom. The van der Waals surface area contributed by atoms with Gasteiger partial charge in [-0.15, -0.1) is 11.8 Å². The molecule has 0 spiro atoms. The zero-order chi connectivity index (χ0) is 8.81. The summed E-state index contributed by atoms with van der Waals surface area (Å²) in [6.07, 6.45) is 2.21. The summed E-state index contributed by atoms with van der Waals surface area (Å²) in [6.45, 7) is 3.43. The molecule has 1 heterocycles. The second-order valence-electron chi connectivity index (χ2n) is 2.66. The van der Waals surface area contributed by atoms with Gasteiger partial charge < -0.3 is 9.47 Å². The Hall–Kier alpha value is -0.220. The van der Waals surface area contributed by atoms with E-state index in [1.54, 1.807) is 0 Å². The van der Waals surface area contributed by atoms with Crippen molar-refractivity contribution in [2.45, 2.75) is 25.2 Å². The van der Waals surface area contributed by atoms with Crippen molar-refractivity contribution in [1.82, 2.24) is 0 Å². The lowest BCUT2D eigenvalue weighted by atomic mass is 10.4. The highest BCUT2D eigenvalue weighted by molar-refractivity contribution is 8.00. The first-order chi connectivity index (χ1) is 5.83. The fourth-order valence-corrected chi connectivity index (χ4v) is 1.64. The van der Waals surface area contributed by atoms with Crippen LogP contribution in [0.4, 0.5) is 0 Å². The highest BCUT2D eigenvalue weighted by Crippen LogP contribution is 2.20. The summed E-state index contributed by atoms with van der Waals surface area (Å²) >= 11 is 1.51. The molecule has 12 heavy (non-hydrogen) atoms. The molecule has 0 aromatic carbocycles. The third-order valence-electron chi connectivity index (χ3n) is 1.55. The third-order valence-corrected chi connectivity index (χ3v) is 2.55. The van der Waals surface area contributed by atoms with E-state index < -0.39 is 0 Å². The predicted molar refractivity (Wildman–Crippen MR) is 48.1 cm³/mol. The Balaban J connectivity index is 1.97. The van der Waals surface area contributed by atoms with Gasteiger partial charge in [-0.25, -0.2) is 0 Å². The normalized spacial score (nSPS) is 22.8. The Morgan fingerprint density at radius 2 is 2.58 bits per heavy atom. The highest BCUT2D eigenvalue weighted by Gasteiger charge is 2.23. The van der Waals surface area contributed by atoms with Crippen LogP contribution in [0.15, 0.2) is 0 Å². The maximum atomic E-state index is 10.6. The van der Waals surface area contributed by atoms with E-state index in [-0.39, 0.29) is 11.4 Å². The highest BCUT2D eigenvalue weighted by atomic mass is 32.2. The molecule has 3 nitrogen and oxygen atoms in total. The standard InChI is InChI=1S/C8H14O3S/c1-2-3-4-10-5-8-11-7(9)6-12-8/h8H,2-6H2,1H3. The van der Waals surface area contributed by atoms with Gasteiger partial charge in [0, 0.05) is 6.61 Å². The van der Waals surface area contributed by atoms with Crippen LogP contribution >= 0.6 is 11.8 Å². The molecule has 1 saturated heterocycles. The Labute approximate surface area is 76.8 Å². The molecule has 0 N–H and O–H groups in total. The van der Waals surface area contributed by atoms with E-state index in [1.165, 1.54) is 11.8 Å². The van der Waals surface area contributed by atoms with E-state index in [4.69, 9.17) is 9.47 Å². The number of carbonyl (C=O) groups is 1. The first-order valence-electron chi connectivity index (χ1n) is 4.21. The average molecular weight is 190 g/mol. The van der Waals surface area contributed by atoms with Crippen LogP contribution < -0.4 is 0 Å². The van der Waals surface area contributed by atoms with Crippen LogP contribution in [0.25, 0.3) is 0 Å². The Bertz CT molecular complexity index is 149. The summed E-state index contributed by atoms with van der Waals surface area (Å²) in [7, 11) is 0. The first-order valence-corrected chi connectivity index (χ1v) is 5.26. The van der Waals surface area contributed by atoms with Gasteiger partial charge in [-0.1, -0.05) is 13.3 Å². The van der Waals surface area contributed by atoms with Crippen molar-refractivity contribution < 1.29 is 14.3 Å². The van der Waals surface area contributed by atoms with Crippen LogP contribution in [0, 0.1) is 0 Å². The van der Waals surface area contributed by atoms with Gasteiger partial charge in [0.15, 0.2) is 5.44 Å². The number of esters is 1. The van der Waals surface area contributed by atoms with Crippen molar-refractivity contribution in [3.63, 3.8) is 0 Å². The van der Waals surface area contributed by atoms with Crippen LogP contribution in [0.2, 0.25) is 0 Å². The van der Waals surface area contributed by atoms with Crippen molar-refractivity contribution in [3.05, 3.63) is 0 Å². The largest absolute Gasteiger partial charge is 0.448 e. The van der Waals surface area contributed by atoms with Crippen molar-refractivity contribution in [2.75, 3.05) is 19.0 Å². The van der Waals surface area contributed by atoms with E-state index in [0.717, 1.165) is 19.4 Å². The van der Waals surface area contributed by atoms with Gasteiger partial charge >= 0.3 is 5.97 Å². The van der Waals surface area contributed by atoms with E-state index in [1.807, 2.05) is 0 Å². The lowest BCUT2D eigenvalue weighted by Gasteiger charge is -2.07. The summed E-state index contributed by atoms with van der Waals surface area (Å²) < 4.78 is 10.2. The molecule has 0 radical (unpaired) electrons. The van der Waals surface area contributed by atoms with E-state index in [0.29, 0.717) is 12.4 Å². The molecule has 0 amide bonds. The van der Waals surface area contributed by atoms with Crippen LogP contribution in [0.1, 0.15) is 19.8 Å². The molecule has 1 rings (SSSR count). The van der Waals surface area contributed by atoms with Gasteiger partial charge in [0.05, 0.1) is 12.4 Å². The second-order valence-corrected chi connectivity index (χ2v) is 3.81. The lowest BCUT2D eigenvalue weighted by Crippen LogP contribution is -2.13. The molecule has 0 aliphatic carbocycles. The van der Waals surface area contributed by atoms with E-state index in [9.17, 15) is 4.79 Å². The van der Waals surface area contributed by atoms with Crippen LogP contribution in [-0.2, 0) is 14.3 Å². The van der Waals surface area contributed by atoms with E-state index >= 15 is 0 Å². The van der Waals surface area contributed by atoms with Gasteiger partial charge in [0.25, 0.3) is 0 Å². The SMILES string of the molecule is CCCCOCC1OC(=O)CS1. The van der Waals surface area contributed by atoms with Crippen molar-refractivity contribution >= 4 is 17.7 Å². The maximum absolute atomic E-state index is 10.6. The van der Waals surface area contributed by atoms with Gasteiger partial charge in [-0.05, 0) is 6.42 Å². The second kappa shape index (κ2) is 5.43. The lowest BCUT2D eigenvalue weighted by molar-refractivity contribution is -0.141. The zero-order valence-electron chi connectivity index (χ0n) is 7.25. The molecule has 1 fully saturated rings. The quantitative estimate of drug-likeness (QED) is 0.485. The minimum Gasteiger partial charge on any atom is -0.448 e. The Morgan fingerprint density at radius 3 is 3.17 bits per heavy atom. The smallest absolute Gasteiger partial charge is 0.317 e. The number of cyclic esters (lactones) is 1. The summed E-state index contributed by atoms with van der Waals surface area (Å²) in [5.74, 6) is 0.353. The molecule has 1 aliphatic rings. The van der Waals surface area contributed by atoms with Crippen LogP contribution in [0.3, 0.4) is 0 Å². The van der Waals surface area contributed by atoms with Crippen LogP contribution in [0.5, 0.6) is 0 Å². The van der Waals surface area contributed by atoms with Gasteiger partial charge in [-0.2, -0.15) is 0 Å². The number of hydrogen-bond acceptors (Lipinski definition) is 4. The third kappa shape index (κ3) is 3.45. The summed E-state index contributed by atoms with van der Waals surface area (Å²) in [4.78, 5) is 10.6. The molecule has 1 atom stereocenters. The first kappa shape index (κ1) is 9.86. The molecule has 4 heteroatoms. The van der Waals surface area contributed by atoms with Crippen molar-refractivity contribution in [2.24, 2.45) is 0 Å². The molecule has 0 aromatic rings. The topological polar surface area (TPSA) is 35.5 Å². The molecular formula is C8H14O3S. The number of unbranched alkanes of at least 4 members (excludes halogenated alkanes) is 1. The zero-order valence-corrected chi connectivity index (χ0v) is 8.06. The molecule has 70 valence electrons. The average Bonchev–Trinajstić information content (AvgIpc) is 2.45. The van der Waals surface area contributed by atoms with Crippen LogP contribution in [-0.4, -0.2) is 30.4 Å². The van der Waals surface area contributed by atoms with Crippen molar-refractivity contribution in [1.29, 1.82) is 0 Å². The molecule has 0 saturated carbocycles. The fraction of sp³-hybridized carbons (Fsp3) is 0.875. The van der Waals surface area contributed by atoms with Gasteiger partial charge in [0.2, 0.25) is 0 Å². The molecule has 1 aliphatic heterocycles. The maximum Gasteiger partial charge on any atom is 0.317 e. The molecule has 0 aromatic heterocycles. The van der Waals surface area contributed by atoms with Gasteiger partial charge in [0.1, 0.15) is 0 Å². The summed E-state index contributed by atoms with van der Waals surface area (Å²) in [5, 5.41) is 0. The number of ether oxygens (including phenoxy) is 2.